The van der Waals surface area contributed by atoms with Crippen LogP contribution in [0.2, 0.25) is 0 Å². The first-order valence-electron chi connectivity index (χ1n) is 5.44. The molecule has 0 saturated carbocycles. The minimum absolute atomic E-state index is 0.303. The maximum Gasteiger partial charge on any atom is 0.183 e. The maximum absolute atomic E-state index is 12.3. The topological polar surface area (TPSA) is 69.4 Å². The lowest BCUT2D eigenvalue weighted by Crippen LogP contribution is -2.34. The van der Waals surface area contributed by atoms with E-state index in [1.54, 1.807) is 45.2 Å². The molecule has 0 radical (unpaired) electrons. The number of rotatable bonds is 5. The van der Waals surface area contributed by atoms with E-state index in [9.17, 15) is 8.42 Å². The van der Waals surface area contributed by atoms with E-state index in [0.29, 0.717) is 23.6 Å². The van der Waals surface area contributed by atoms with Gasteiger partial charge in [0.2, 0.25) is 0 Å². The van der Waals surface area contributed by atoms with Crippen LogP contribution in [0.5, 0.6) is 5.75 Å². The lowest BCUT2D eigenvalue weighted by Gasteiger charge is -2.24. The first-order chi connectivity index (χ1) is 7.85. The molecule has 0 saturated heterocycles. The molecule has 0 aliphatic rings. The van der Waals surface area contributed by atoms with Crippen LogP contribution in [0.3, 0.4) is 0 Å². The molecule has 1 aromatic rings. The molecule has 96 valence electrons. The van der Waals surface area contributed by atoms with E-state index in [-0.39, 0.29) is 0 Å². The highest BCUT2D eigenvalue weighted by Crippen LogP contribution is 2.28. The second-order valence-electron chi connectivity index (χ2n) is 4.48. The molecule has 1 rings (SSSR count). The van der Waals surface area contributed by atoms with Crippen molar-refractivity contribution in [3.05, 3.63) is 24.3 Å². The van der Waals surface area contributed by atoms with Crippen molar-refractivity contribution in [2.24, 2.45) is 5.73 Å². The lowest BCUT2D eigenvalue weighted by atomic mass is 10.1. The molecule has 0 atom stereocenters. The molecule has 4 nitrogen and oxygen atoms in total. The third-order valence-corrected chi connectivity index (χ3v) is 5.40. The smallest absolute Gasteiger partial charge is 0.183 e. The molecule has 0 fully saturated rings. The standard InChI is InChI=1S/C12H19NO3S/c1-12(2,8-9-13)17(14,15)11-6-4-10(16-3)5-7-11/h4-7H,8-9,13H2,1-3H3. The molecule has 0 spiro atoms. The van der Waals surface area contributed by atoms with E-state index >= 15 is 0 Å². The number of nitrogens with two attached hydrogens (primary N) is 1. The monoisotopic (exact) mass is 257 g/mol. The molecular formula is C12H19NO3S. The van der Waals surface area contributed by atoms with E-state index in [0.717, 1.165) is 0 Å². The van der Waals surface area contributed by atoms with Gasteiger partial charge in [0, 0.05) is 0 Å². The summed E-state index contributed by atoms with van der Waals surface area (Å²) in [5.41, 5.74) is 5.45. The first-order valence-corrected chi connectivity index (χ1v) is 6.92. The van der Waals surface area contributed by atoms with Crippen LogP contribution in [0, 0.1) is 0 Å². The summed E-state index contributed by atoms with van der Waals surface area (Å²) >= 11 is 0. The van der Waals surface area contributed by atoms with Gasteiger partial charge in [-0.15, -0.1) is 0 Å². The Balaban J connectivity index is 3.12. The van der Waals surface area contributed by atoms with Crippen LogP contribution in [0.1, 0.15) is 20.3 Å². The average molecular weight is 257 g/mol. The van der Waals surface area contributed by atoms with Crippen LogP contribution in [0.25, 0.3) is 0 Å². The number of sulfone groups is 1. The third kappa shape index (κ3) is 2.79. The van der Waals surface area contributed by atoms with Crippen LogP contribution < -0.4 is 10.5 Å². The maximum atomic E-state index is 12.3. The minimum Gasteiger partial charge on any atom is -0.497 e. The zero-order chi connectivity index (χ0) is 13.1. The number of ether oxygens (including phenoxy) is 1. The summed E-state index contributed by atoms with van der Waals surface area (Å²) in [6.45, 7) is 3.74. The molecular weight excluding hydrogens is 238 g/mol. The third-order valence-electron chi connectivity index (χ3n) is 2.84. The molecule has 0 aliphatic heterocycles. The Morgan fingerprint density at radius 3 is 2.18 bits per heavy atom. The first kappa shape index (κ1) is 14.0. The second-order valence-corrected chi connectivity index (χ2v) is 7.06. The fourth-order valence-electron chi connectivity index (χ4n) is 1.56. The van der Waals surface area contributed by atoms with Crippen molar-refractivity contribution in [3.63, 3.8) is 0 Å². The van der Waals surface area contributed by atoms with E-state index in [2.05, 4.69) is 0 Å². The molecule has 17 heavy (non-hydrogen) atoms. The van der Waals surface area contributed by atoms with Gasteiger partial charge in [0.15, 0.2) is 9.84 Å². The summed E-state index contributed by atoms with van der Waals surface area (Å²) in [6, 6.07) is 6.41. The number of hydrogen-bond acceptors (Lipinski definition) is 4. The zero-order valence-corrected chi connectivity index (χ0v) is 11.3. The molecule has 0 unspecified atom stereocenters. The summed E-state index contributed by atoms with van der Waals surface area (Å²) in [5.74, 6) is 0.639. The highest BCUT2D eigenvalue weighted by molar-refractivity contribution is 7.92. The molecule has 0 bridgehead atoms. The Morgan fingerprint density at radius 2 is 1.76 bits per heavy atom. The summed E-state index contributed by atoms with van der Waals surface area (Å²) in [7, 11) is -1.82. The van der Waals surface area contributed by atoms with Gasteiger partial charge in [-0.3, -0.25) is 0 Å². The summed E-state index contributed by atoms with van der Waals surface area (Å²) in [6.07, 6.45) is 0.432. The van der Waals surface area contributed by atoms with Crippen LogP contribution in [0.4, 0.5) is 0 Å². The number of benzene rings is 1. The fourth-order valence-corrected chi connectivity index (χ4v) is 3.07. The van der Waals surface area contributed by atoms with Crippen LogP contribution >= 0.6 is 0 Å². The van der Waals surface area contributed by atoms with Gasteiger partial charge in [0.25, 0.3) is 0 Å². The van der Waals surface area contributed by atoms with Crippen molar-refractivity contribution in [3.8, 4) is 5.75 Å². The van der Waals surface area contributed by atoms with Gasteiger partial charge in [-0.25, -0.2) is 8.42 Å². The normalized spacial score (nSPS) is 12.5. The van der Waals surface area contributed by atoms with Gasteiger partial charge in [0.1, 0.15) is 5.75 Å². The molecule has 0 aliphatic carbocycles. The fraction of sp³-hybridized carbons (Fsp3) is 0.500. The van der Waals surface area contributed by atoms with Crippen LogP contribution in [-0.4, -0.2) is 26.8 Å². The average Bonchev–Trinajstić information content (AvgIpc) is 2.29. The van der Waals surface area contributed by atoms with E-state index < -0.39 is 14.6 Å². The van der Waals surface area contributed by atoms with Crippen molar-refractivity contribution >= 4 is 9.84 Å². The van der Waals surface area contributed by atoms with Crippen molar-refractivity contribution in [1.29, 1.82) is 0 Å². The summed E-state index contributed by atoms with van der Waals surface area (Å²) in [4.78, 5) is 0.303. The summed E-state index contributed by atoms with van der Waals surface area (Å²) in [5, 5.41) is 0. The second kappa shape index (κ2) is 5.06. The highest BCUT2D eigenvalue weighted by Gasteiger charge is 2.34. The quantitative estimate of drug-likeness (QED) is 0.869. The van der Waals surface area contributed by atoms with Crippen molar-refractivity contribution in [2.75, 3.05) is 13.7 Å². The van der Waals surface area contributed by atoms with Gasteiger partial charge in [-0.2, -0.15) is 0 Å². The lowest BCUT2D eigenvalue weighted by molar-refractivity contribution is 0.414. The number of hydrogen-bond donors (Lipinski definition) is 1. The van der Waals surface area contributed by atoms with Crippen molar-refractivity contribution in [1.82, 2.24) is 0 Å². The van der Waals surface area contributed by atoms with Gasteiger partial charge in [-0.05, 0) is 51.1 Å². The molecule has 1 aromatic carbocycles. The van der Waals surface area contributed by atoms with Gasteiger partial charge in [-0.1, -0.05) is 0 Å². The molecule has 0 heterocycles. The van der Waals surface area contributed by atoms with Crippen LogP contribution in [-0.2, 0) is 9.84 Å². The van der Waals surface area contributed by atoms with E-state index in [4.69, 9.17) is 10.5 Å². The molecule has 5 heteroatoms. The predicted molar refractivity (Wildman–Crippen MR) is 67.9 cm³/mol. The van der Waals surface area contributed by atoms with Crippen molar-refractivity contribution < 1.29 is 13.2 Å². The van der Waals surface area contributed by atoms with Gasteiger partial charge in [0.05, 0.1) is 16.8 Å². The van der Waals surface area contributed by atoms with E-state index in [1.807, 2.05) is 0 Å². The molecule has 2 N–H and O–H groups in total. The Bertz CT molecular complexity index is 463. The zero-order valence-electron chi connectivity index (χ0n) is 10.4. The van der Waals surface area contributed by atoms with Crippen molar-refractivity contribution in [2.45, 2.75) is 29.9 Å². The van der Waals surface area contributed by atoms with Gasteiger partial charge < -0.3 is 10.5 Å². The molecule has 0 amide bonds. The number of methoxy groups -OCH3 is 1. The van der Waals surface area contributed by atoms with Gasteiger partial charge >= 0.3 is 0 Å². The highest BCUT2D eigenvalue weighted by atomic mass is 32.2. The Kier molecular flexibility index (Phi) is 4.16. The summed E-state index contributed by atoms with van der Waals surface area (Å²) < 4.78 is 28.8. The predicted octanol–water partition coefficient (Wildman–Crippen LogP) is 1.60. The van der Waals surface area contributed by atoms with Crippen LogP contribution in [0.15, 0.2) is 29.2 Å². The largest absolute Gasteiger partial charge is 0.497 e. The van der Waals surface area contributed by atoms with E-state index in [1.165, 1.54) is 0 Å². The Morgan fingerprint density at radius 1 is 1.24 bits per heavy atom. The molecule has 0 aromatic heterocycles. The Hall–Kier alpha value is -1.07. The Labute approximate surface area is 103 Å². The SMILES string of the molecule is COc1ccc(S(=O)(=O)C(C)(C)CCN)cc1. The minimum atomic E-state index is -3.36.